The van der Waals surface area contributed by atoms with Crippen LogP contribution in [-0.4, -0.2) is 11.9 Å². The predicted octanol–water partition coefficient (Wildman–Crippen LogP) is 9.25. The topological polar surface area (TPSA) is 34.8 Å². The summed E-state index contributed by atoms with van der Waals surface area (Å²) >= 11 is 0. The van der Waals surface area contributed by atoms with E-state index in [0.717, 1.165) is 11.3 Å². The Morgan fingerprint density at radius 3 is 1.95 bits per heavy atom. The Bertz CT molecular complexity index is 1470. The number of halogens is 2. The molecule has 2 aliphatic heterocycles. The Kier molecular flexibility index (Phi) is 11.9. The Morgan fingerprint density at radius 1 is 0.714 bits per heavy atom. The van der Waals surface area contributed by atoms with E-state index in [1.807, 2.05) is 12.1 Å². The molecule has 216 valence electrons. The third-order valence-electron chi connectivity index (χ3n) is 8.45. The Labute approximate surface area is 265 Å². The molecule has 6 heteroatoms. The summed E-state index contributed by atoms with van der Waals surface area (Å²) in [4.78, 5) is 1.25. The minimum atomic E-state index is -0.686. The summed E-state index contributed by atoms with van der Waals surface area (Å²) in [6.07, 6.45) is 0.305. The number of anilines is 1. The van der Waals surface area contributed by atoms with Crippen LogP contribution in [0.5, 0.6) is 5.75 Å². The largest absolute Gasteiger partial charge is 4.00 e. The van der Waals surface area contributed by atoms with Crippen LogP contribution in [0.25, 0.3) is 5.41 Å². The third-order valence-corrected chi connectivity index (χ3v) is 8.45. The number of hydrogen-bond acceptors (Lipinski definition) is 1. The van der Waals surface area contributed by atoms with Crippen LogP contribution in [0.2, 0.25) is 0 Å². The minimum absolute atomic E-state index is 0. The average molecular weight is 601 g/mol. The summed E-state index contributed by atoms with van der Waals surface area (Å²) in [5, 5.41) is 10.1. The fourth-order valence-electron chi connectivity index (χ4n) is 6.46. The van der Waals surface area contributed by atoms with Crippen molar-refractivity contribution in [1.29, 1.82) is 0 Å². The smallest absolute Gasteiger partial charge is 0.489 e. The van der Waals surface area contributed by atoms with Gasteiger partial charge in [-0.1, -0.05) is 98.5 Å². The average Bonchev–Trinajstić information content (AvgIpc) is 3.54. The molecule has 0 N–H and O–H groups in total. The molecule has 1 fully saturated rings. The van der Waals surface area contributed by atoms with Crippen molar-refractivity contribution in [3.63, 3.8) is 0 Å². The third kappa shape index (κ3) is 5.95. The maximum absolute atomic E-state index is 13.7. The Morgan fingerprint density at radius 2 is 1.29 bits per heavy atom. The quantitative estimate of drug-likeness (QED) is 0.170. The molecule has 0 saturated heterocycles. The molecular weight excluding hydrogens is 562 g/mol. The number of rotatable bonds is 2. The van der Waals surface area contributed by atoms with Crippen LogP contribution in [0.1, 0.15) is 47.9 Å². The van der Waals surface area contributed by atoms with Gasteiger partial charge in [0.15, 0.2) is 0 Å². The van der Waals surface area contributed by atoms with Gasteiger partial charge in [0.2, 0.25) is 0 Å². The van der Waals surface area contributed by atoms with Crippen LogP contribution < -0.4 is 9.64 Å². The van der Waals surface area contributed by atoms with Crippen LogP contribution in [-0.2, 0) is 28.3 Å². The second-order valence-corrected chi connectivity index (χ2v) is 10.4. The van der Waals surface area contributed by atoms with Gasteiger partial charge in [0.1, 0.15) is 23.5 Å². The molecule has 0 spiro atoms. The van der Waals surface area contributed by atoms with Gasteiger partial charge in [-0.2, -0.15) is 0 Å². The number of benzene rings is 4. The van der Waals surface area contributed by atoms with Gasteiger partial charge < -0.3 is 37.3 Å². The van der Waals surface area contributed by atoms with E-state index in [4.69, 9.17) is 4.74 Å². The predicted molar refractivity (Wildman–Crippen MR) is 167 cm³/mol. The molecule has 5 unspecified atom stereocenters. The van der Waals surface area contributed by atoms with E-state index in [2.05, 4.69) is 68.4 Å². The first-order valence-corrected chi connectivity index (χ1v) is 13.1. The molecule has 1 saturated carbocycles. The van der Waals surface area contributed by atoms with E-state index >= 15 is 0 Å². The Hall–Kier alpha value is -3.28. The van der Waals surface area contributed by atoms with E-state index < -0.39 is 11.6 Å². The molecule has 0 aromatic heterocycles. The standard InChI is InChI=1S/C19H20O.C14H9F2N2.3CH3.Ti/c1-12-13(2)18-15-10-6-7-11-16(15)20-19(18)17(12)14-8-4-3-5-9-14;15-11-6-3-7-12(16)13(11)18-8-9-4-1-2-5-10(9)14(18)17;;;;/h3-13,17-19H,1-2H3;1-7H,8H2;3*1H3;/q;4*-1;+4. The van der Waals surface area contributed by atoms with Gasteiger partial charge in [-0.05, 0) is 53.3 Å². The van der Waals surface area contributed by atoms with Crippen LogP contribution in [0.4, 0.5) is 14.5 Å². The molecule has 4 aromatic rings. The van der Waals surface area contributed by atoms with Crippen molar-refractivity contribution in [3.05, 3.63) is 159 Å². The van der Waals surface area contributed by atoms with E-state index in [1.165, 1.54) is 34.2 Å². The first-order valence-electron chi connectivity index (χ1n) is 13.1. The zero-order chi connectivity index (χ0) is 26.4. The molecule has 0 bridgehead atoms. The first kappa shape index (κ1) is 34.9. The van der Waals surface area contributed by atoms with Crippen molar-refractivity contribution < 1.29 is 35.2 Å². The van der Waals surface area contributed by atoms with E-state index in [1.54, 1.807) is 12.1 Å². The fraction of sp³-hybridized carbons (Fsp3) is 0.222. The summed E-state index contributed by atoms with van der Waals surface area (Å²) in [6.45, 7) is 5.03. The maximum Gasteiger partial charge on any atom is 4.00 e. The summed E-state index contributed by atoms with van der Waals surface area (Å²) in [5.41, 5.74) is 4.08. The van der Waals surface area contributed by atoms with Gasteiger partial charge in [0, 0.05) is 23.1 Å². The van der Waals surface area contributed by atoms with Crippen molar-refractivity contribution >= 4 is 11.5 Å². The van der Waals surface area contributed by atoms with Crippen molar-refractivity contribution in [1.82, 2.24) is 0 Å². The van der Waals surface area contributed by atoms with Crippen molar-refractivity contribution in [2.75, 3.05) is 4.90 Å². The summed E-state index contributed by atoms with van der Waals surface area (Å²) in [5.74, 6) is 1.98. The van der Waals surface area contributed by atoms with Crippen LogP contribution in [0.3, 0.4) is 0 Å². The van der Waals surface area contributed by atoms with Crippen molar-refractivity contribution in [2.45, 2.75) is 38.3 Å². The zero-order valence-electron chi connectivity index (χ0n) is 24.9. The molecule has 3 aliphatic rings. The van der Waals surface area contributed by atoms with E-state index in [-0.39, 0.29) is 62.1 Å². The van der Waals surface area contributed by atoms with Gasteiger partial charge in [0.25, 0.3) is 0 Å². The normalized spacial score (nSPS) is 22.3. The number of nitrogens with zero attached hydrogens (tertiary/aromatic N) is 2. The zero-order valence-corrected chi connectivity index (χ0v) is 26.5. The number of amidine groups is 1. The maximum atomic E-state index is 13.7. The van der Waals surface area contributed by atoms with Crippen LogP contribution >= 0.6 is 0 Å². The SMILES string of the molecule is CC1C(C)C2c3ccccc3OC2C1c1ccccc1.[CH3-].[CH3-].[CH3-].[N-]=C1c2ccccc2CN1c1c(F)cccc1F.[Ti+4]. The molecule has 7 rings (SSSR count). The molecule has 4 aromatic carbocycles. The summed E-state index contributed by atoms with van der Waals surface area (Å²) < 4.78 is 33.7. The second-order valence-electron chi connectivity index (χ2n) is 10.4. The number of para-hydroxylation sites is 2. The molecule has 3 nitrogen and oxygen atoms in total. The Balaban J connectivity index is 0.000000269. The van der Waals surface area contributed by atoms with Gasteiger partial charge >= 0.3 is 21.7 Å². The number of ether oxygens (including phenoxy) is 1. The number of hydrogen-bond donors (Lipinski definition) is 0. The van der Waals surface area contributed by atoms with E-state index in [9.17, 15) is 14.2 Å². The fourth-order valence-corrected chi connectivity index (χ4v) is 6.46. The molecular formula is C36H38F2N2OTi. The molecule has 0 radical (unpaired) electrons. The number of fused-ring (bicyclic) bond motifs is 4. The van der Waals surface area contributed by atoms with Gasteiger partial charge in [0.05, 0.1) is 0 Å². The van der Waals surface area contributed by atoms with Gasteiger partial charge in [-0.15, -0.1) is 0 Å². The van der Waals surface area contributed by atoms with E-state index in [0.29, 0.717) is 35.3 Å². The molecule has 5 atom stereocenters. The van der Waals surface area contributed by atoms with Crippen LogP contribution in [0, 0.1) is 45.8 Å². The summed E-state index contributed by atoms with van der Waals surface area (Å²) in [7, 11) is 0. The molecule has 2 heterocycles. The van der Waals surface area contributed by atoms with Crippen molar-refractivity contribution in [3.8, 4) is 5.75 Å². The van der Waals surface area contributed by atoms with Gasteiger partial charge in [-0.3, -0.25) is 0 Å². The molecule has 42 heavy (non-hydrogen) atoms. The van der Waals surface area contributed by atoms with Gasteiger partial charge in [-0.25, -0.2) is 8.78 Å². The summed E-state index contributed by atoms with van der Waals surface area (Å²) in [6, 6.07) is 30.3. The van der Waals surface area contributed by atoms with Crippen molar-refractivity contribution in [2.24, 2.45) is 11.8 Å². The molecule has 1 aliphatic carbocycles. The first-order chi connectivity index (χ1) is 18.5. The minimum Gasteiger partial charge on any atom is -0.489 e. The second kappa shape index (κ2) is 14.3. The monoisotopic (exact) mass is 600 g/mol. The molecule has 0 amide bonds. The van der Waals surface area contributed by atoms with Crippen LogP contribution in [0.15, 0.2) is 97.1 Å².